The number of halogens is 1. The van der Waals surface area contributed by atoms with Gasteiger partial charge in [-0.3, -0.25) is 4.79 Å². The fraction of sp³-hybridized carbons (Fsp3) is 0.500. The van der Waals surface area contributed by atoms with E-state index >= 15 is 0 Å². The molecule has 0 spiro atoms. The average molecular weight is 423 g/mol. The molecule has 0 amide bonds. The molecular formula is C20H23BrO5. The van der Waals surface area contributed by atoms with Crippen LogP contribution < -0.4 is 0 Å². The van der Waals surface area contributed by atoms with Gasteiger partial charge in [-0.15, -0.1) is 0 Å². The van der Waals surface area contributed by atoms with Crippen LogP contribution in [-0.2, 0) is 19.1 Å². The number of ether oxygens (including phenoxy) is 2. The number of benzene rings is 1. The summed E-state index contributed by atoms with van der Waals surface area (Å²) in [5, 5.41) is 10.9. The molecule has 1 unspecified atom stereocenters. The molecule has 0 aromatic heterocycles. The van der Waals surface area contributed by atoms with E-state index in [2.05, 4.69) is 15.9 Å². The highest BCUT2D eigenvalue weighted by atomic mass is 79.9. The first kappa shape index (κ1) is 19.1. The molecule has 0 radical (unpaired) electrons. The molecular weight excluding hydrogens is 400 g/mol. The minimum Gasteiger partial charge on any atom is -0.461 e. The molecule has 0 saturated carbocycles. The van der Waals surface area contributed by atoms with Crippen LogP contribution in [0.5, 0.6) is 0 Å². The van der Waals surface area contributed by atoms with Crippen LogP contribution in [0.1, 0.15) is 51.5 Å². The predicted molar refractivity (Wildman–Crippen MR) is 99.2 cm³/mol. The molecule has 1 aliphatic carbocycles. The van der Waals surface area contributed by atoms with Crippen LogP contribution in [0.25, 0.3) is 0 Å². The van der Waals surface area contributed by atoms with Crippen LogP contribution in [0.4, 0.5) is 0 Å². The van der Waals surface area contributed by atoms with E-state index in [0.29, 0.717) is 24.2 Å². The van der Waals surface area contributed by atoms with Gasteiger partial charge in [-0.05, 0) is 30.0 Å². The second-order valence-corrected chi connectivity index (χ2v) is 8.61. The topological polar surface area (TPSA) is 72.8 Å². The van der Waals surface area contributed by atoms with Gasteiger partial charge in [0, 0.05) is 35.2 Å². The Morgan fingerprint density at radius 1 is 1.31 bits per heavy atom. The van der Waals surface area contributed by atoms with Crippen molar-refractivity contribution in [2.24, 2.45) is 5.41 Å². The fourth-order valence-corrected chi connectivity index (χ4v) is 3.99. The molecule has 3 rings (SSSR count). The first-order valence-corrected chi connectivity index (χ1v) is 9.55. The second kappa shape index (κ2) is 6.82. The van der Waals surface area contributed by atoms with Gasteiger partial charge < -0.3 is 14.6 Å². The Labute approximate surface area is 161 Å². The molecule has 1 heterocycles. The highest BCUT2D eigenvalue weighted by molar-refractivity contribution is 9.10. The Morgan fingerprint density at radius 3 is 2.58 bits per heavy atom. The van der Waals surface area contributed by atoms with E-state index in [-0.39, 0.29) is 24.2 Å². The number of rotatable bonds is 3. The third-order valence-electron chi connectivity index (χ3n) is 4.87. The Balaban J connectivity index is 2.09. The molecule has 2 atom stereocenters. The van der Waals surface area contributed by atoms with Gasteiger partial charge in [0.15, 0.2) is 5.78 Å². The molecule has 6 heteroatoms. The van der Waals surface area contributed by atoms with Crippen molar-refractivity contribution in [1.29, 1.82) is 0 Å². The smallest absolute Gasteiger partial charge is 0.379 e. The van der Waals surface area contributed by atoms with E-state index in [0.717, 1.165) is 10.0 Å². The first-order valence-electron chi connectivity index (χ1n) is 8.75. The highest BCUT2D eigenvalue weighted by Gasteiger charge is 2.52. The van der Waals surface area contributed by atoms with Crippen molar-refractivity contribution in [2.75, 3.05) is 6.61 Å². The summed E-state index contributed by atoms with van der Waals surface area (Å²) in [4.78, 5) is 25.2. The maximum absolute atomic E-state index is 12.9. The second-order valence-electron chi connectivity index (χ2n) is 7.69. The average Bonchev–Trinajstić information content (AvgIpc) is 2.53. The van der Waals surface area contributed by atoms with E-state index in [1.807, 2.05) is 38.1 Å². The van der Waals surface area contributed by atoms with Gasteiger partial charge in [0.25, 0.3) is 0 Å². The Hall–Kier alpha value is -1.66. The number of esters is 1. The van der Waals surface area contributed by atoms with Gasteiger partial charge in [-0.2, -0.15) is 0 Å². The van der Waals surface area contributed by atoms with Gasteiger partial charge in [0.2, 0.25) is 0 Å². The van der Waals surface area contributed by atoms with Crippen LogP contribution in [0, 0.1) is 5.41 Å². The zero-order valence-electron chi connectivity index (χ0n) is 15.2. The lowest BCUT2D eigenvalue weighted by molar-refractivity contribution is -0.225. The summed E-state index contributed by atoms with van der Waals surface area (Å²) in [7, 11) is 0. The number of carbonyl (C=O) groups excluding carboxylic acids is 2. The van der Waals surface area contributed by atoms with Crippen LogP contribution in [-0.4, -0.2) is 29.3 Å². The van der Waals surface area contributed by atoms with Crippen LogP contribution in [0.2, 0.25) is 0 Å². The quantitative estimate of drug-likeness (QED) is 0.748. The molecule has 0 saturated heterocycles. The summed E-state index contributed by atoms with van der Waals surface area (Å²) in [6, 6.07) is 7.55. The molecule has 0 bridgehead atoms. The zero-order valence-corrected chi connectivity index (χ0v) is 16.8. The zero-order chi connectivity index (χ0) is 19.1. The van der Waals surface area contributed by atoms with Crippen molar-refractivity contribution in [3.63, 3.8) is 0 Å². The van der Waals surface area contributed by atoms with Crippen LogP contribution >= 0.6 is 15.9 Å². The molecule has 1 aromatic carbocycles. The van der Waals surface area contributed by atoms with E-state index in [1.54, 1.807) is 6.92 Å². The van der Waals surface area contributed by atoms with Crippen molar-refractivity contribution >= 4 is 27.7 Å². The number of hydrogen-bond acceptors (Lipinski definition) is 5. The molecule has 5 nitrogen and oxygen atoms in total. The number of Topliss-reactive ketones (excluding diaryl/α,β-unsaturated/α-hetero) is 1. The summed E-state index contributed by atoms with van der Waals surface area (Å²) in [6.07, 6.45) is 0.862. The normalized spacial score (nSPS) is 27.6. The SMILES string of the molecule is CCOC(=O)C1(O)C[C@H](c2ccc(Br)cc2)C2=C(CC(C)(C)CC2=O)O1. The molecule has 140 valence electrons. The van der Waals surface area contributed by atoms with Crippen molar-refractivity contribution in [1.82, 2.24) is 0 Å². The third-order valence-corrected chi connectivity index (χ3v) is 5.40. The lowest BCUT2D eigenvalue weighted by atomic mass is 9.70. The number of hydrogen-bond donors (Lipinski definition) is 1. The number of ketones is 1. The van der Waals surface area contributed by atoms with Gasteiger partial charge in [-0.1, -0.05) is 41.9 Å². The van der Waals surface area contributed by atoms with Crippen LogP contribution in [0.3, 0.4) is 0 Å². The lowest BCUT2D eigenvalue weighted by Crippen LogP contribution is -2.49. The van der Waals surface area contributed by atoms with Crippen molar-refractivity contribution < 1.29 is 24.2 Å². The molecule has 1 aliphatic heterocycles. The number of carbonyl (C=O) groups is 2. The maximum Gasteiger partial charge on any atom is 0.379 e. The number of allylic oxidation sites excluding steroid dienone is 2. The van der Waals surface area contributed by atoms with Gasteiger partial charge in [0.1, 0.15) is 5.76 Å². The largest absolute Gasteiger partial charge is 0.461 e. The molecule has 1 aromatic rings. The minimum atomic E-state index is -2.08. The van der Waals surface area contributed by atoms with E-state index in [9.17, 15) is 14.7 Å². The molecule has 2 aliphatic rings. The summed E-state index contributed by atoms with van der Waals surface area (Å²) in [5.41, 5.74) is 1.15. The fourth-order valence-electron chi connectivity index (χ4n) is 3.73. The van der Waals surface area contributed by atoms with Gasteiger partial charge in [-0.25, -0.2) is 4.79 Å². The van der Waals surface area contributed by atoms with Crippen LogP contribution in [0.15, 0.2) is 40.1 Å². The molecule has 0 fully saturated rings. The molecule has 1 N–H and O–H groups in total. The van der Waals surface area contributed by atoms with Gasteiger partial charge >= 0.3 is 11.8 Å². The lowest BCUT2D eigenvalue weighted by Gasteiger charge is -2.42. The first-order chi connectivity index (χ1) is 12.1. The van der Waals surface area contributed by atoms with E-state index < -0.39 is 17.7 Å². The Bertz CT molecular complexity index is 765. The van der Waals surface area contributed by atoms with Crippen molar-refractivity contribution in [2.45, 2.75) is 51.7 Å². The van der Waals surface area contributed by atoms with Crippen molar-refractivity contribution in [3.8, 4) is 0 Å². The summed E-state index contributed by atoms with van der Waals surface area (Å²) in [6.45, 7) is 5.77. The predicted octanol–water partition coefficient (Wildman–Crippen LogP) is 3.85. The Morgan fingerprint density at radius 2 is 1.96 bits per heavy atom. The number of aliphatic hydroxyl groups is 1. The highest BCUT2D eigenvalue weighted by Crippen LogP contribution is 2.49. The van der Waals surface area contributed by atoms with E-state index in [1.165, 1.54) is 0 Å². The van der Waals surface area contributed by atoms with Crippen molar-refractivity contribution in [3.05, 3.63) is 45.6 Å². The monoisotopic (exact) mass is 422 g/mol. The standard InChI is InChI=1S/C20H23BrO5/c1-4-25-18(23)20(24)9-14(12-5-7-13(21)8-6-12)17-15(22)10-19(2,3)11-16(17)26-20/h5-8,14,24H,4,9-11H2,1-3H3/t14-,20?/m1/s1. The van der Waals surface area contributed by atoms with E-state index in [4.69, 9.17) is 9.47 Å². The molecule has 26 heavy (non-hydrogen) atoms. The maximum atomic E-state index is 12.9. The van der Waals surface area contributed by atoms with Gasteiger partial charge in [0.05, 0.1) is 6.61 Å². The summed E-state index contributed by atoms with van der Waals surface area (Å²) in [5.74, 6) is -2.90. The third kappa shape index (κ3) is 3.58. The Kier molecular flexibility index (Phi) is 5.01. The minimum absolute atomic E-state index is 0.00933. The summed E-state index contributed by atoms with van der Waals surface area (Å²) < 4.78 is 11.6. The summed E-state index contributed by atoms with van der Waals surface area (Å²) >= 11 is 3.40.